The standard InChI is InChI=1S/C15H14ClN5/c16-13-8-14(21-15(19-13)17-10-18-21)20-7-3-6-11-4-1-2-5-12(11)9-20/h1-2,4-5,8,10H,3,6-7,9H2. The van der Waals surface area contributed by atoms with Crippen LogP contribution in [0.1, 0.15) is 17.5 Å². The fraction of sp³-hybridized carbons (Fsp3) is 0.267. The average molecular weight is 300 g/mol. The van der Waals surface area contributed by atoms with E-state index in [4.69, 9.17) is 11.6 Å². The zero-order chi connectivity index (χ0) is 14.2. The minimum absolute atomic E-state index is 0.447. The van der Waals surface area contributed by atoms with E-state index in [1.54, 1.807) is 4.52 Å². The Balaban J connectivity index is 1.80. The van der Waals surface area contributed by atoms with Crippen LogP contribution in [0.15, 0.2) is 36.7 Å². The molecule has 6 heteroatoms. The number of aromatic nitrogens is 4. The number of anilines is 1. The van der Waals surface area contributed by atoms with Gasteiger partial charge in [0.15, 0.2) is 0 Å². The number of benzene rings is 1. The predicted molar refractivity (Wildman–Crippen MR) is 81.6 cm³/mol. The van der Waals surface area contributed by atoms with E-state index in [1.807, 2.05) is 6.07 Å². The zero-order valence-corrected chi connectivity index (χ0v) is 12.2. The molecule has 0 radical (unpaired) electrons. The zero-order valence-electron chi connectivity index (χ0n) is 11.4. The van der Waals surface area contributed by atoms with Gasteiger partial charge >= 0.3 is 0 Å². The van der Waals surface area contributed by atoms with Crippen molar-refractivity contribution in [3.8, 4) is 0 Å². The summed E-state index contributed by atoms with van der Waals surface area (Å²) in [6.45, 7) is 1.81. The van der Waals surface area contributed by atoms with Gasteiger partial charge in [0, 0.05) is 19.2 Å². The number of fused-ring (bicyclic) bond motifs is 2. The molecule has 1 aliphatic heterocycles. The Hall–Kier alpha value is -2.14. The summed E-state index contributed by atoms with van der Waals surface area (Å²) in [6.07, 6.45) is 3.72. The van der Waals surface area contributed by atoms with Crippen molar-refractivity contribution < 1.29 is 0 Å². The van der Waals surface area contributed by atoms with Crippen LogP contribution >= 0.6 is 11.6 Å². The fourth-order valence-electron chi connectivity index (χ4n) is 2.89. The van der Waals surface area contributed by atoms with Crippen molar-refractivity contribution in [2.45, 2.75) is 19.4 Å². The molecule has 1 aliphatic rings. The van der Waals surface area contributed by atoms with Crippen molar-refractivity contribution in [3.05, 3.63) is 52.9 Å². The molecule has 2 aromatic heterocycles. The van der Waals surface area contributed by atoms with Crippen molar-refractivity contribution in [1.29, 1.82) is 0 Å². The lowest BCUT2D eigenvalue weighted by Gasteiger charge is -2.23. The molecule has 106 valence electrons. The topological polar surface area (TPSA) is 46.3 Å². The number of aryl methyl sites for hydroxylation is 1. The molecule has 0 N–H and O–H groups in total. The molecule has 0 saturated carbocycles. The Bertz CT molecular complexity index is 798. The van der Waals surface area contributed by atoms with Gasteiger partial charge in [-0.25, -0.2) is 0 Å². The second-order valence-electron chi connectivity index (χ2n) is 5.20. The molecule has 0 atom stereocenters. The molecule has 0 unspecified atom stereocenters. The number of halogens is 1. The maximum atomic E-state index is 6.12. The summed E-state index contributed by atoms with van der Waals surface area (Å²) in [7, 11) is 0. The fourth-order valence-corrected chi connectivity index (χ4v) is 3.06. The van der Waals surface area contributed by atoms with E-state index in [0.29, 0.717) is 10.9 Å². The number of nitrogens with zero attached hydrogens (tertiary/aromatic N) is 5. The maximum absolute atomic E-state index is 6.12. The SMILES string of the molecule is Clc1cc(N2CCCc3ccccc3C2)n2ncnc2n1. The van der Waals surface area contributed by atoms with E-state index in [1.165, 1.54) is 17.5 Å². The summed E-state index contributed by atoms with van der Waals surface area (Å²) in [4.78, 5) is 10.6. The number of hydrogen-bond acceptors (Lipinski definition) is 4. The van der Waals surface area contributed by atoms with E-state index in [-0.39, 0.29) is 0 Å². The Kier molecular flexibility index (Phi) is 3.00. The first-order valence-electron chi connectivity index (χ1n) is 6.99. The van der Waals surface area contributed by atoms with Crippen LogP contribution < -0.4 is 4.90 Å². The van der Waals surface area contributed by atoms with E-state index in [9.17, 15) is 0 Å². The lowest BCUT2D eigenvalue weighted by molar-refractivity contribution is 0.733. The Labute approximate surface area is 127 Å². The third-order valence-corrected chi connectivity index (χ3v) is 4.07. The number of rotatable bonds is 1. The van der Waals surface area contributed by atoms with Gasteiger partial charge < -0.3 is 4.90 Å². The largest absolute Gasteiger partial charge is 0.352 e. The minimum atomic E-state index is 0.447. The first-order chi connectivity index (χ1) is 10.3. The minimum Gasteiger partial charge on any atom is -0.352 e. The smallest absolute Gasteiger partial charge is 0.255 e. The summed E-state index contributed by atoms with van der Waals surface area (Å²) < 4.78 is 1.75. The van der Waals surface area contributed by atoms with Gasteiger partial charge in [0.1, 0.15) is 17.3 Å². The van der Waals surface area contributed by atoms with E-state index < -0.39 is 0 Å². The summed E-state index contributed by atoms with van der Waals surface area (Å²) in [5.41, 5.74) is 2.78. The molecule has 4 rings (SSSR count). The van der Waals surface area contributed by atoms with Gasteiger partial charge in [-0.1, -0.05) is 35.9 Å². The molecular formula is C15H14ClN5. The van der Waals surface area contributed by atoms with E-state index in [0.717, 1.165) is 31.7 Å². The van der Waals surface area contributed by atoms with Crippen molar-refractivity contribution in [1.82, 2.24) is 19.6 Å². The maximum Gasteiger partial charge on any atom is 0.255 e. The van der Waals surface area contributed by atoms with Gasteiger partial charge in [-0.2, -0.15) is 19.6 Å². The van der Waals surface area contributed by atoms with Crippen LogP contribution in [0.2, 0.25) is 5.15 Å². The summed E-state index contributed by atoms with van der Waals surface area (Å²) in [6, 6.07) is 10.5. The van der Waals surface area contributed by atoms with Gasteiger partial charge in [0.25, 0.3) is 5.78 Å². The van der Waals surface area contributed by atoms with Crippen LogP contribution in [-0.2, 0) is 13.0 Å². The van der Waals surface area contributed by atoms with Gasteiger partial charge in [-0.05, 0) is 24.0 Å². The Morgan fingerprint density at radius 3 is 2.90 bits per heavy atom. The van der Waals surface area contributed by atoms with Crippen LogP contribution in [0.5, 0.6) is 0 Å². The molecule has 0 aliphatic carbocycles. The van der Waals surface area contributed by atoms with Crippen molar-refractivity contribution in [2.24, 2.45) is 0 Å². The molecule has 3 aromatic rings. The highest BCUT2D eigenvalue weighted by atomic mass is 35.5. The molecule has 0 bridgehead atoms. The summed E-state index contributed by atoms with van der Waals surface area (Å²) >= 11 is 6.12. The lowest BCUT2D eigenvalue weighted by Crippen LogP contribution is -2.25. The summed E-state index contributed by atoms with van der Waals surface area (Å²) in [5.74, 6) is 1.48. The van der Waals surface area contributed by atoms with E-state index in [2.05, 4.69) is 44.2 Å². The van der Waals surface area contributed by atoms with Crippen LogP contribution in [0.3, 0.4) is 0 Å². The van der Waals surface area contributed by atoms with Crippen LogP contribution in [0.4, 0.5) is 5.82 Å². The van der Waals surface area contributed by atoms with Gasteiger partial charge in [0.05, 0.1) is 0 Å². The molecule has 21 heavy (non-hydrogen) atoms. The molecule has 0 amide bonds. The van der Waals surface area contributed by atoms with Crippen LogP contribution in [0, 0.1) is 0 Å². The predicted octanol–water partition coefficient (Wildman–Crippen LogP) is 2.73. The van der Waals surface area contributed by atoms with Crippen molar-refractivity contribution in [3.63, 3.8) is 0 Å². The van der Waals surface area contributed by atoms with Crippen molar-refractivity contribution >= 4 is 23.2 Å². The molecule has 0 spiro atoms. The molecule has 5 nitrogen and oxygen atoms in total. The van der Waals surface area contributed by atoms with Crippen molar-refractivity contribution in [2.75, 3.05) is 11.4 Å². The van der Waals surface area contributed by atoms with Crippen LogP contribution in [0.25, 0.3) is 5.78 Å². The summed E-state index contributed by atoms with van der Waals surface area (Å²) in [5, 5.41) is 4.71. The number of hydrogen-bond donors (Lipinski definition) is 0. The molecule has 0 fully saturated rings. The average Bonchev–Trinajstić information content (AvgIpc) is 2.84. The van der Waals surface area contributed by atoms with E-state index >= 15 is 0 Å². The highest BCUT2D eigenvalue weighted by Gasteiger charge is 2.18. The third kappa shape index (κ3) is 2.23. The molecule has 0 saturated heterocycles. The van der Waals surface area contributed by atoms with Crippen LogP contribution in [-0.4, -0.2) is 26.1 Å². The second-order valence-corrected chi connectivity index (χ2v) is 5.59. The Morgan fingerprint density at radius 2 is 2.00 bits per heavy atom. The third-order valence-electron chi connectivity index (χ3n) is 3.88. The molecule has 3 heterocycles. The first kappa shape index (κ1) is 12.6. The second kappa shape index (κ2) is 5.00. The highest BCUT2D eigenvalue weighted by molar-refractivity contribution is 6.29. The lowest BCUT2D eigenvalue weighted by atomic mass is 10.0. The first-order valence-corrected chi connectivity index (χ1v) is 7.37. The van der Waals surface area contributed by atoms with Gasteiger partial charge in [0.2, 0.25) is 0 Å². The van der Waals surface area contributed by atoms with Gasteiger partial charge in [-0.3, -0.25) is 0 Å². The quantitative estimate of drug-likeness (QED) is 0.648. The monoisotopic (exact) mass is 299 g/mol. The molecular weight excluding hydrogens is 286 g/mol. The highest BCUT2D eigenvalue weighted by Crippen LogP contribution is 2.25. The molecule has 1 aromatic carbocycles. The normalized spacial score (nSPS) is 15.0. The Morgan fingerprint density at radius 1 is 1.14 bits per heavy atom. The van der Waals surface area contributed by atoms with Gasteiger partial charge in [-0.15, -0.1) is 0 Å².